The van der Waals surface area contributed by atoms with E-state index in [4.69, 9.17) is 4.74 Å². The zero-order valence-electron chi connectivity index (χ0n) is 16.3. The molecule has 5 fully saturated rings. The molecule has 4 aliphatic carbocycles. The van der Waals surface area contributed by atoms with E-state index < -0.39 is 5.60 Å². The molecule has 1 heterocycles. The van der Waals surface area contributed by atoms with Crippen molar-refractivity contribution in [3.63, 3.8) is 0 Å². The second kappa shape index (κ2) is 4.70. The van der Waals surface area contributed by atoms with Crippen molar-refractivity contribution in [3.8, 4) is 0 Å². The van der Waals surface area contributed by atoms with E-state index in [1.807, 2.05) is 0 Å². The van der Waals surface area contributed by atoms with Crippen LogP contribution >= 0.6 is 0 Å². The molecule has 5 rings (SSSR count). The van der Waals surface area contributed by atoms with Crippen LogP contribution in [0.2, 0.25) is 0 Å². The first-order valence-electron chi connectivity index (χ1n) is 10.6. The Bertz CT molecular complexity index is 631. The predicted molar refractivity (Wildman–Crippen MR) is 96.0 cm³/mol. The van der Waals surface area contributed by atoms with Crippen molar-refractivity contribution in [1.29, 1.82) is 0 Å². The second-order valence-corrected chi connectivity index (χ2v) is 10.8. The monoisotopic (exact) mass is 346 g/mol. The fraction of sp³-hybridized carbons (Fsp3) is 0.955. The minimum atomic E-state index is -0.490. The summed E-state index contributed by atoms with van der Waals surface area (Å²) in [5.74, 6) is 3.13. The van der Waals surface area contributed by atoms with Crippen molar-refractivity contribution in [1.82, 2.24) is 0 Å². The molecule has 0 amide bonds. The van der Waals surface area contributed by atoms with Gasteiger partial charge in [0, 0.05) is 5.41 Å². The molecule has 0 aromatic carbocycles. The summed E-state index contributed by atoms with van der Waals surface area (Å²) in [7, 11) is 0. The van der Waals surface area contributed by atoms with Crippen molar-refractivity contribution in [3.05, 3.63) is 0 Å². The van der Waals surface area contributed by atoms with E-state index in [0.29, 0.717) is 17.3 Å². The number of aliphatic hydroxyl groups is 1. The smallest absolute Gasteiger partial charge is 0.165 e. The number of aliphatic hydroxyl groups excluding tert-OH is 1. The Labute approximate surface area is 151 Å². The van der Waals surface area contributed by atoms with Gasteiger partial charge in [0.15, 0.2) is 11.4 Å². The molecule has 0 bridgehead atoms. The Balaban J connectivity index is 1.49. The highest BCUT2D eigenvalue weighted by atomic mass is 16.6. The molecule has 0 aromatic heterocycles. The molecular weight excluding hydrogens is 312 g/mol. The Morgan fingerprint density at radius 1 is 1.04 bits per heavy atom. The van der Waals surface area contributed by atoms with E-state index in [1.165, 1.54) is 25.7 Å². The molecule has 3 heteroatoms. The Hall–Kier alpha value is -0.410. The summed E-state index contributed by atoms with van der Waals surface area (Å²) in [4.78, 5) is 12.6. The summed E-state index contributed by atoms with van der Waals surface area (Å²) in [6, 6.07) is 0. The summed E-state index contributed by atoms with van der Waals surface area (Å²) in [6.07, 6.45) is 9.14. The first-order chi connectivity index (χ1) is 11.7. The summed E-state index contributed by atoms with van der Waals surface area (Å²) < 4.78 is 6.20. The normalized spacial score (nSPS) is 62.4. The lowest BCUT2D eigenvalue weighted by atomic mass is 9.44. The fourth-order valence-corrected chi connectivity index (χ4v) is 8.85. The average molecular weight is 347 g/mol. The van der Waals surface area contributed by atoms with Gasteiger partial charge < -0.3 is 9.84 Å². The van der Waals surface area contributed by atoms with E-state index in [9.17, 15) is 9.90 Å². The summed E-state index contributed by atoms with van der Waals surface area (Å²) in [5.41, 5.74) is -0.253. The average Bonchev–Trinajstić information content (AvgIpc) is 3.13. The van der Waals surface area contributed by atoms with E-state index in [0.717, 1.165) is 37.5 Å². The molecular formula is C22H34O3. The zero-order valence-corrected chi connectivity index (χ0v) is 16.3. The van der Waals surface area contributed by atoms with Crippen LogP contribution in [-0.4, -0.2) is 28.2 Å². The van der Waals surface area contributed by atoms with Crippen LogP contribution in [0.3, 0.4) is 0 Å². The Morgan fingerprint density at radius 2 is 1.80 bits per heavy atom. The molecule has 1 aliphatic heterocycles. The highest BCUT2D eigenvalue weighted by Gasteiger charge is 2.85. The number of ketones is 1. The number of hydrogen-bond donors (Lipinski definition) is 1. The van der Waals surface area contributed by atoms with Gasteiger partial charge in [0.05, 0.1) is 6.10 Å². The molecule has 3 nitrogen and oxygen atoms in total. The van der Waals surface area contributed by atoms with Gasteiger partial charge in [0.1, 0.15) is 5.60 Å². The first-order valence-corrected chi connectivity index (χ1v) is 10.6. The van der Waals surface area contributed by atoms with Gasteiger partial charge in [-0.1, -0.05) is 13.8 Å². The maximum atomic E-state index is 12.6. The predicted octanol–water partition coefficient (Wildman–Crippen LogP) is 4.12. The van der Waals surface area contributed by atoms with Gasteiger partial charge in [-0.15, -0.1) is 0 Å². The minimum absolute atomic E-state index is 0.0339. The third kappa shape index (κ3) is 1.74. The molecule has 140 valence electrons. The van der Waals surface area contributed by atoms with Gasteiger partial charge in [0.2, 0.25) is 0 Å². The van der Waals surface area contributed by atoms with E-state index in [-0.39, 0.29) is 22.9 Å². The van der Waals surface area contributed by atoms with Gasteiger partial charge in [0.25, 0.3) is 0 Å². The van der Waals surface area contributed by atoms with Gasteiger partial charge in [-0.05, 0) is 94.3 Å². The lowest BCUT2D eigenvalue weighted by Crippen LogP contribution is -2.56. The van der Waals surface area contributed by atoms with Gasteiger partial charge in [-0.2, -0.15) is 0 Å². The van der Waals surface area contributed by atoms with Gasteiger partial charge >= 0.3 is 0 Å². The van der Waals surface area contributed by atoms with E-state index in [2.05, 4.69) is 20.8 Å². The molecule has 9 atom stereocenters. The third-order valence-electron chi connectivity index (χ3n) is 10.0. The van der Waals surface area contributed by atoms with Crippen LogP contribution in [0.4, 0.5) is 0 Å². The van der Waals surface area contributed by atoms with E-state index >= 15 is 0 Å². The molecule has 0 spiro atoms. The van der Waals surface area contributed by atoms with Crippen LogP contribution in [0, 0.1) is 34.5 Å². The highest BCUT2D eigenvalue weighted by molar-refractivity contribution is 5.91. The first kappa shape index (κ1) is 16.7. The highest BCUT2D eigenvalue weighted by Crippen LogP contribution is 2.77. The zero-order chi connectivity index (χ0) is 17.8. The maximum absolute atomic E-state index is 12.6. The number of Topliss-reactive ketones (excluding diaryl/α,β-unsaturated/α-hetero) is 1. The lowest BCUT2D eigenvalue weighted by Gasteiger charge is -2.61. The largest absolute Gasteiger partial charge is 0.393 e. The number of hydrogen-bond acceptors (Lipinski definition) is 3. The number of carbonyl (C=O) groups excluding carboxylic acids is 1. The standard InChI is InChI=1S/C22H34O3/c1-13(23)22-20(3)10-8-17-16(18(20)12-21(22,4)25-22)6-5-14-11-15(24)7-9-19(14,17)2/h14-18,24H,5-12H2,1-4H3/t14-,15-,16-,17+,18+,19-,20+,21-,22+/m0/s1. The van der Waals surface area contributed by atoms with Crippen molar-refractivity contribution in [2.24, 2.45) is 34.5 Å². The molecule has 0 radical (unpaired) electrons. The summed E-state index contributed by atoms with van der Waals surface area (Å²) >= 11 is 0. The van der Waals surface area contributed by atoms with Gasteiger partial charge in [-0.3, -0.25) is 4.79 Å². The van der Waals surface area contributed by atoms with Crippen molar-refractivity contribution < 1.29 is 14.6 Å². The third-order valence-corrected chi connectivity index (χ3v) is 10.0. The molecule has 0 unspecified atom stereocenters. The molecule has 5 aliphatic rings. The minimum Gasteiger partial charge on any atom is -0.393 e. The van der Waals surface area contributed by atoms with Crippen LogP contribution in [0.1, 0.15) is 79.1 Å². The van der Waals surface area contributed by atoms with Crippen molar-refractivity contribution in [2.45, 2.75) is 96.4 Å². The van der Waals surface area contributed by atoms with Crippen LogP contribution < -0.4 is 0 Å². The second-order valence-electron chi connectivity index (χ2n) is 10.8. The topological polar surface area (TPSA) is 49.8 Å². The van der Waals surface area contributed by atoms with Crippen molar-refractivity contribution in [2.75, 3.05) is 0 Å². The van der Waals surface area contributed by atoms with Crippen LogP contribution in [0.15, 0.2) is 0 Å². The lowest BCUT2D eigenvalue weighted by molar-refractivity contribution is -0.152. The Kier molecular flexibility index (Phi) is 3.15. The molecule has 25 heavy (non-hydrogen) atoms. The molecule has 1 saturated heterocycles. The van der Waals surface area contributed by atoms with Crippen LogP contribution in [-0.2, 0) is 9.53 Å². The van der Waals surface area contributed by atoms with E-state index in [1.54, 1.807) is 6.92 Å². The maximum Gasteiger partial charge on any atom is 0.165 e. The summed E-state index contributed by atoms with van der Waals surface area (Å²) in [5, 5.41) is 10.2. The molecule has 4 saturated carbocycles. The molecule has 0 aromatic rings. The van der Waals surface area contributed by atoms with Gasteiger partial charge in [-0.25, -0.2) is 0 Å². The SMILES string of the molecule is CC(=O)[C@]12O[C@@]1(C)C[C@@H]1[C@H]3CC[C@H]4C[C@@H](O)CC[C@]4(C)[C@@H]3CC[C@]12C. The van der Waals surface area contributed by atoms with Crippen LogP contribution in [0.25, 0.3) is 0 Å². The number of fused-ring (bicyclic) bond motifs is 7. The Morgan fingerprint density at radius 3 is 2.52 bits per heavy atom. The number of epoxide rings is 1. The van der Waals surface area contributed by atoms with Crippen LogP contribution in [0.5, 0.6) is 0 Å². The number of ether oxygens (including phenoxy) is 1. The number of rotatable bonds is 1. The molecule has 1 N–H and O–H groups in total. The number of carbonyl (C=O) groups is 1. The quantitative estimate of drug-likeness (QED) is 0.727. The fourth-order valence-electron chi connectivity index (χ4n) is 8.85. The van der Waals surface area contributed by atoms with Crippen molar-refractivity contribution >= 4 is 5.78 Å². The summed E-state index contributed by atoms with van der Waals surface area (Å²) in [6.45, 7) is 8.84.